The fourth-order valence-corrected chi connectivity index (χ4v) is 5.41. The van der Waals surface area contributed by atoms with Crippen LogP contribution in [0, 0.1) is 0 Å². The summed E-state index contributed by atoms with van der Waals surface area (Å²) in [5, 5.41) is 0.716. The highest BCUT2D eigenvalue weighted by atomic mass is 32.2. The molecule has 9 heteroatoms. The zero-order valence-corrected chi connectivity index (χ0v) is 20.5. The molecule has 0 aliphatic carbocycles. The maximum atomic E-state index is 13.7. The summed E-state index contributed by atoms with van der Waals surface area (Å²) in [6.07, 6.45) is 1.49. The molecule has 0 unspecified atom stereocenters. The first-order valence-corrected chi connectivity index (χ1v) is 12.6. The van der Waals surface area contributed by atoms with Gasteiger partial charge in [-0.3, -0.25) is 4.79 Å². The van der Waals surface area contributed by atoms with Crippen molar-refractivity contribution < 1.29 is 22.3 Å². The molecule has 3 heterocycles. The van der Waals surface area contributed by atoms with Gasteiger partial charge in [0.05, 0.1) is 23.2 Å². The van der Waals surface area contributed by atoms with Crippen molar-refractivity contribution in [3.05, 3.63) is 88.1 Å². The summed E-state index contributed by atoms with van der Waals surface area (Å²) in [7, 11) is -3.94. The molecule has 0 bridgehead atoms. The van der Waals surface area contributed by atoms with Crippen LogP contribution < -0.4 is 15.0 Å². The second-order valence-corrected chi connectivity index (χ2v) is 11.5. The number of fused-ring (bicyclic) bond motifs is 2. The van der Waals surface area contributed by atoms with Crippen molar-refractivity contribution in [3.63, 3.8) is 0 Å². The fourth-order valence-electron chi connectivity index (χ4n) is 4.03. The Hall–Kier alpha value is -3.56. The molecule has 35 heavy (non-hydrogen) atoms. The summed E-state index contributed by atoms with van der Waals surface area (Å²) >= 11 is 0. The standard InChI is InChI=1S/C26H26N2O6S/c1-26(2,3)19-6-8-21(9-7-19)35(30,31)28(15-20-5-4-10-32-20)14-18-11-17-12-23-24(34-16-33-23)13-22(17)27-25(18)29/h4-13H,14-16H2,1-3H3,(H,27,29). The van der Waals surface area contributed by atoms with Gasteiger partial charge in [0.25, 0.3) is 5.56 Å². The number of hydrogen-bond donors (Lipinski definition) is 1. The monoisotopic (exact) mass is 494 g/mol. The Morgan fingerprint density at radius 3 is 2.34 bits per heavy atom. The number of nitrogens with one attached hydrogen (secondary N) is 1. The van der Waals surface area contributed by atoms with Crippen LogP contribution in [0.4, 0.5) is 0 Å². The van der Waals surface area contributed by atoms with E-state index in [0.29, 0.717) is 33.7 Å². The van der Waals surface area contributed by atoms with E-state index in [2.05, 4.69) is 25.8 Å². The third-order valence-corrected chi connectivity index (χ3v) is 7.84. The molecule has 0 spiro atoms. The number of benzene rings is 2. The molecule has 0 saturated carbocycles. The predicted octanol–water partition coefficient (Wildman–Crippen LogP) is 4.54. The highest BCUT2D eigenvalue weighted by Gasteiger charge is 2.28. The number of aromatic nitrogens is 1. The molecule has 2 aromatic heterocycles. The Morgan fingerprint density at radius 1 is 0.971 bits per heavy atom. The van der Waals surface area contributed by atoms with Crippen LogP contribution in [0.15, 0.2) is 75.0 Å². The van der Waals surface area contributed by atoms with E-state index in [-0.39, 0.29) is 35.8 Å². The molecule has 0 fully saturated rings. The van der Waals surface area contributed by atoms with Gasteiger partial charge in [0.1, 0.15) is 5.76 Å². The van der Waals surface area contributed by atoms with Crippen LogP contribution >= 0.6 is 0 Å². The van der Waals surface area contributed by atoms with Crippen molar-refractivity contribution >= 4 is 20.9 Å². The number of nitrogens with zero attached hydrogens (tertiary/aromatic N) is 1. The zero-order valence-electron chi connectivity index (χ0n) is 19.7. The number of ether oxygens (including phenoxy) is 2. The Balaban J connectivity index is 1.53. The molecule has 0 atom stereocenters. The minimum Gasteiger partial charge on any atom is -0.468 e. The van der Waals surface area contributed by atoms with Gasteiger partial charge in [-0.2, -0.15) is 4.31 Å². The van der Waals surface area contributed by atoms with Crippen molar-refractivity contribution in [2.75, 3.05) is 6.79 Å². The van der Waals surface area contributed by atoms with E-state index in [1.54, 1.807) is 42.5 Å². The predicted molar refractivity (Wildman–Crippen MR) is 131 cm³/mol. The van der Waals surface area contributed by atoms with Crippen LogP contribution in [0.5, 0.6) is 11.5 Å². The van der Waals surface area contributed by atoms with E-state index in [1.165, 1.54) is 10.6 Å². The van der Waals surface area contributed by atoms with Gasteiger partial charge in [-0.25, -0.2) is 8.42 Å². The maximum absolute atomic E-state index is 13.7. The van der Waals surface area contributed by atoms with Crippen LogP contribution in [0.3, 0.4) is 0 Å². The van der Waals surface area contributed by atoms with Crippen molar-refractivity contribution in [2.45, 2.75) is 44.2 Å². The molecule has 0 amide bonds. The molecule has 1 aliphatic heterocycles. The second-order valence-electron chi connectivity index (χ2n) is 9.54. The largest absolute Gasteiger partial charge is 0.468 e. The molecule has 4 aromatic rings. The number of H-pyrrole nitrogens is 1. The van der Waals surface area contributed by atoms with Crippen LogP contribution in [0.2, 0.25) is 0 Å². The highest BCUT2D eigenvalue weighted by molar-refractivity contribution is 7.89. The summed E-state index contributed by atoms with van der Waals surface area (Å²) < 4.78 is 44.9. The van der Waals surface area contributed by atoms with Gasteiger partial charge in [-0.1, -0.05) is 32.9 Å². The Morgan fingerprint density at radius 2 is 1.69 bits per heavy atom. The van der Waals surface area contributed by atoms with Crippen LogP contribution in [-0.2, 0) is 28.5 Å². The zero-order chi connectivity index (χ0) is 24.8. The lowest BCUT2D eigenvalue weighted by Crippen LogP contribution is -2.32. The lowest BCUT2D eigenvalue weighted by atomic mass is 9.87. The van der Waals surface area contributed by atoms with E-state index in [0.717, 1.165) is 5.56 Å². The molecule has 1 aliphatic rings. The number of furan rings is 1. The van der Waals surface area contributed by atoms with Gasteiger partial charge in [-0.05, 0) is 47.4 Å². The first-order valence-electron chi connectivity index (χ1n) is 11.2. The van der Waals surface area contributed by atoms with Crippen LogP contribution in [0.1, 0.15) is 37.7 Å². The van der Waals surface area contributed by atoms with E-state index >= 15 is 0 Å². The van der Waals surface area contributed by atoms with E-state index in [9.17, 15) is 13.2 Å². The van der Waals surface area contributed by atoms with Gasteiger partial charge in [0.2, 0.25) is 16.8 Å². The smallest absolute Gasteiger partial charge is 0.252 e. The summed E-state index contributed by atoms with van der Waals surface area (Å²) in [6.45, 7) is 6.17. The lowest BCUT2D eigenvalue weighted by Gasteiger charge is -2.23. The molecule has 2 aromatic carbocycles. The van der Waals surface area contributed by atoms with Gasteiger partial charge < -0.3 is 18.9 Å². The minimum atomic E-state index is -3.94. The lowest BCUT2D eigenvalue weighted by molar-refractivity contribution is 0.174. The SMILES string of the molecule is CC(C)(C)c1ccc(S(=O)(=O)N(Cc2ccco2)Cc2cc3cc4c(cc3[nH]c2=O)OCO4)cc1. The van der Waals surface area contributed by atoms with Crippen LogP contribution in [0.25, 0.3) is 10.9 Å². The molecule has 1 N–H and O–H groups in total. The third kappa shape index (κ3) is 4.56. The van der Waals surface area contributed by atoms with Crippen molar-refractivity contribution in [1.82, 2.24) is 9.29 Å². The average Bonchev–Trinajstić information content (AvgIpc) is 3.49. The van der Waals surface area contributed by atoms with Gasteiger partial charge in [0, 0.05) is 23.6 Å². The summed E-state index contributed by atoms with van der Waals surface area (Å²) in [5.74, 6) is 1.61. The van der Waals surface area contributed by atoms with E-state index in [1.807, 2.05) is 12.1 Å². The molecule has 0 saturated heterocycles. The second kappa shape index (κ2) is 8.58. The summed E-state index contributed by atoms with van der Waals surface area (Å²) in [6, 6.07) is 15.4. The van der Waals surface area contributed by atoms with Crippen molar-refractivity contribution in [3.8, 4) is 11.5 Å². The Bertz CT molecular complexity index is 1530. The molecular formula is C26H26N2O6S. The molecular weight excluding hydrogens is 468 g/mol. The number of sulfonamides is 1. The first kappa shape index (κ1) is 23.2. The number of pyridine rings is 1. The topological polar surface area (TPSA) is 102 Å². The summed E-state index contributed by atoms with van der Waals surface area (Å²) in [4.78, 5) is 15.9. The quantitative estimate of drug-likeness (QED) is 0.422. The van der Waals surface area contributed by atoms with E-state index in [4.69, 9.17) is 13.9 Å². The Kier molecular flexibility index (Phi) is 5.69. The molecule has 0 radical (unpaired) electrons. The van der Waals surface area contributed by atoms with Gasteiger partial charge in [-0.15, -0.1) is 0 Å². The number of rotatable bonds is 6. The van der Waals surface area contributed by atoms with Gasteiger partial charge in [0.15, 0.2) is 11.5 Å². The van der Waals surface area contributed by atoms with Crippen LogP contribution in [-0.4, -0.2) is 24.5 Å². The molecule has 8 nitrogen and oxygen atoms in total. The van der Waals surface area contributed by atoms with Gasteiger partial charge >= 0.3 is 0 Å². The van der Waals surface area contributed by atoms with Crippen molar-refractivity contribution in [1.29, 1.82) is 0 Å². The van der Waals surface area contributed by atoms with E-state index < -0.39 is 10.0 Å². The highest BCUT2D eigenvalue weighted by Crippen LogP contribution is 2.35. The Labute approximate surface area is 203 Å². The minimum absolute atomic E-state index is 0.0189. The summed E-state index contributed by atoms with van der Waals surface area (Å²) in [5.41, 5.74) is 1.43. The number of aromatic amines is 1. The average molecular weight is 495 g/mol. The maximum Gasteiger partial charge on any atom is 0.252 e. The fraction of sp³-hybridized carbons (Fsp3) is 0.269. The normalized spacial score (nSPS) is 13.6. The third-order valence-electron chi connectivity index (χ3n) is 6.03. The number of hydrogen-bond acceptors (Lipinski definition) is 6. The molecule has 182 valence electrons. The van der Waals surface area contributed by atoms with Crippen molar-refractivity contribution in [2.24, 2.45) is 0 Å². The molecule has 5 rings (SSSR count). The first-order chi connectivity index (χ1) is 16.6.